The fourth-order valence-corrected chi connectivity index (χ4v) is 4.80. The second-order valence-corrected chi connectivity index (χ2v) is 8.23. The highest BCUT2D eigenvalue weighted by Crippen LogP contribution is 2.31. The molecular formula is C22H22N2O2S. The third kappa shape index (κ3) is 3.69. The highest BCUT2D eigenvalue weighted by Gasteiger charge is 2.25. The number of hydrogen-bond donors (Lipinski definition) is 0. The molecule has 1 aliphatic carbocycles. The Morgan fingerprint density at radius 3 is 2.74 bits per heavy atom. The maximum atomic E-state index is 13.3. The molecule has 27 heavy (non-hydrogen) atoms. The molecule has 0 aliphatic heterocycles. The van der Waals surface area contributed by atoms with Gasteiger partial charge in [-0.1, -0.05) is 48.9 Å². The van der Waals surface area contributed by atoms with E-state index in [1.165, 1.54) is 11.8 Å². The van der Waals surface area contributed by atoms with E-state index in [1.54, 1.807) is 4.57 Å². The lowest BCUT2D eigenvalue weighted by molar-refractivity contribution is -0.118. The lowest BCUT2D eigenvalue weighted by Crippen LogP contribution is -2.24. The largest absolute Gasteiger partial charge is 0.298 e. The summed E-state index contributed by atoms with van der Waals surface area (Å²) in [5, 5.41) is 1.07. The fraction of sp³-hybridized carbons (Fsp3) is 0.318. The Labute approximate surface area is 162 Å². The molecular weight excluding hydrogens is 356 g/mol. The van der Waals surface area contributed by atoms with Crippen molar-refractivity contribution in [2.75, 3.05) is 0 Å². The molecule has 1 atom stereocenters. The van der Waals surface area contributed by atoms with Gasteiger partial charge in [0.2, 0.25) is 0 Å². The summed E-state index contributed by atoms with van der Waals surface area (Å²) in [7, 11) is 0. The highest BCUT2D eigenvalue weighted by atomic mass is 32.2. The minimum Gasteiger partial charge on any atom is -0.298 e. The molecule has 5 heteroatoms. The van der Waals surface area contributed by atoms with Crippen LogP contribution >= 0.6 is 11.8 Å². The van der Waals surface area contributed by atoms with Crippen LogP contribution in [0.5, 0.6) is 0 Å². The van der Waals surface area contributed by atoms with Gasteiger partial charge in [-0.3, -0.25) is 14.2 Å². The minimum absolute atomic E-state index is 0.0882. The molecule has 138 valence electrons. The Hall–Kier alpha value is -2.40. The molecule has 0 bridgehead atoms. The number of nitrogens with zero attached hydrogens (tertiary/aromatic N) is 2. The molecule has 2 aromatic carbocycles. The number of Topliss-reactive ketones (excluding diaryl/α,β-unsaturated/α-hetero) is 1. The van der Waals surface area contributed by atoms with Gasteiger partial charge in [0.1, 0.15) is 5.78 Å². The molecule has 1 fully saturated rings. The molecule has 0 N–H and O–H groups in total. The predicted octanol–water partition coefficient (Wildman–Crippen LogP) is 4.69. The lowest BCUT2D eigenvalue weighted by atomic mass is 10.2. The van der Waals surface area contributed by atoms with E-state index in [0.29, 0.717) is 22.5 Å². The van der Waals surface area contributed by atoms with E-state index in [-0.39, 0.29) is 16.6 Å². The van der Waals surface area contributed by atoms with Crippen molar-refractivity contribution in [2.45, 2.75) is 49.4 Å². The maximum absolute atomic E-state index is 13.3. The maximum Gasteiger partial charge on any atom is 0.266 e. The van der Waals surface area contributed by atoms with Crippen LogP contribution in [0.4, 0.5) is 0 Å². The van der Waals surface area contributed by atoms with Crippen molar-refractivity contribution in [1.29, 1.82) is 0 Å². The number of aryl methyl sites for hydroxylation is 1. The van der Waals surface area contributed by atoms with Gasteiger partial charge in [-0.2, -0.15) is 0 Å². The molecule has 1 aromatic heterocycles. The molecule has 4 rings (SSSR count). The summed E-state index contributed by atoms with van der Waals surface area (Å²) >= 11 is 1.44. The van der Waals surface area contributed by atoms with E-state index < -0.39 is 0 Å². The second-order valence-electron chi connectivity index (χ2n) is 7.06. The first-order valence-corrected chi connectivity index (χ1v) is 10.3. The zero-order chi connectivity index (χ0) is 18.8. The monoisotopic (exact) mass is 378 g/mol. The van der Waals surface area contributed by atoms with Crippen LogP contribution < -0.4 is 5.56 Å². The lowest BCUT2D eigenvalue weighted by Gasteiger charge is -2.17. The first-order chi connectivity index (χ1) is 13.1. The van der Waals surface area contributed by atoms with Crippen molar-refractivity contribution in [3.63, 3.8) is 0 Å². The Bertz CT molecular complexity index is 1060. The summed E-state index contributed by atoms with van der Waals surface area (Å²) in [4.78, 5) is 30.6. The number of ketones is 1. The number of rotatable bonds is 3. The van der Waals surface area contributed by atoms with E-state index >= 15 is 0 Å². The number of fused-ring (bicyclic) bond motifs is 1. The number of benzene rings is 2. The van der Waals surface area contributed by atoms with Crippen molar-refractivity contribution in [3.8, 4) is 5.69 Å². The topological polar surface area (TPSA) is 52.0 Å². The van der Waals surface area contributed by atoms with Gasteiger partial charge in [0.05, 0.1) is 21.8 Å². The number of thioether (sulfide) groups is 1. The summed E-state index contributed by atoms with van der Waals surface area (Å²) in [6.45, 7) is 2.00. The normalized spacial score (nSPS) is 17.8. The van der Waals surface area contributed by atoms with Crippen LogP contribution in [0.15, 0.2) is 58.5 Å². The number of carbonyl (C=O) groups excluding carboxylic acids is 1. The van der Waals surface area contributed by atoms with E-state index in [2.05, 4.69) is 0 Å². The quantitative estimate of drug-likeness (QED) is 0.490. The van der Waals surface area contributed by atoms with Gasteiger partial charge < -0.3 is 0 Å². The Balaban J connectivity index is 1.88. The van der Waals surface area contributed by atoms with Crippen molar-refractivity contribution in [2.24, 2.45) is 0 Å². The Kier molecular flexibility index (Phi) is 5.12. The molecule has 4 nitrogen and oxygen atoms in total. The minimum atomic E-state index is -0.128. The second kappa shape index (κ2) is 7.69. The van der Waals surface area contributed by atoms with Gasteiger partial charge in [0.15, 0.2) is 5.16 Å². The van der Waals surface area contributed by atoms with Crippen LogP contribution in [-0.2, 0) is 4.79 Å². The Morgan fingerprint density at radius 1 is 1.04 bits per heavy atom. The summed E-state index contributed by atoms with van der Waals surface area (Å²) in [6, 6.07) is 15.3. The van der Waals surface area contributed by atoms with Crippen molar-refractivity contribution < 1.29 is 4.79 Å². The SMILES string of the molecule is Cc1cccc(-n2c(SC3CCCCCC3=O)nc3ccccc3c2=O)c1. The van der Waals surface area contributed by atoms with Gasteiger partial charge in [0.25, 0.3) is 5.56 Å². The van der Waals surface area contributed by atoms with Gasteiger partial charge in [-0.15, -0.1) is 0 Å². The first-order valence-electron chi connectivity index (χ1n) is 9.42. The first kappa shape index (κ1) is 18.0. The van der Waals surface area contributed by atoms with Gasteiger partial charge >= 0.3 is 0 Å². The van der Waals surface area contributed by atoms with E-state index in [9.17, 15) is 9.59 Å². The fourth-order valence-electron chi connectivity index (χ4n) is 3.57. The molecule has 1 aliphatic rings. The molecule has 3 aromatic rings. The summed E-state index contributed by atoms with van der Waals surface area (Å²) in [6.07, 6.45) is 4.58. The molecule has 1 unspecified atom stereocenters. The third-order valence-electron chi connectivity index (χ3n) is 5.00. The van der Waals surface area contributed by atoms with Gasteiger partial charge in [-0.25, -0.2) is 4.98 Å². The van der Waals surface area contributed by atoms with Crippen molar-refractivity contribution in [3.05, 3.63) is 64.4 Å². The zero-order valence-electron chi connectivity index (χ0n) is 15.4. The van der Waals surface area contributed by atoms with E-state index in [0.717, 1.165) is 36.9 Å². The molecule has 0 saturated heterocycles. The standard InChI is InChI=1S/C22H22N2O2S/c1-15-8-7-9-16(14-15)24-21(26)17-10-5-6-11-18(17)23-22(24)27-20-13-4-2-3-12-19(20)25/h5-11,14,20H,2-4,12-13H2,1H3. The van der Waals surface area contributed by atoms with Crippen LogP contribution in [0, 0.1) is 6.92 Å². The summed E-state index contributed by atoms with van der Waals surface area (Å²) in [5.41, 5.74) is 2.46. The number of para-hydroxylation sites is 1. The number of carbonyl (C=O) groups is 1. The highest BCUT2D eigenvalue weighted by molar-refractivity contribution is 8.00. The van der Waals surface area contributed by atoms with Crippen molar-refractivity contribution >= 4 is 28.4 Å². The molecule has 0 spiro atoms. The van der Waals surface area contributed by atoms with Crippen LogP contribution in [0.1, 0.15) is 37.7 Å². The van der Waals surface area contributed by atoms with E-state index in [1.807, 2.05) is 55.5 Å². The van der Waals surface area contributed by atoms with Gasteiger partial charge in [-0.05, 0) is 49.6 Å². The smallest absolute Gasteiger partial charge is 0.266 e. The van der Waals surface area contributed by atoms with Crippen LogP contribution in [-0.4, -0.2) is 20.6 Å². The Morgan fingerprint density at radius 2 is 1.89 bits per heavy atom. The zero-order valence-corrected chi connectivity index (χ0v) is 16.2. The predicted molar refractivity (Wildman–Crippen MR) is 110 cm³/mol. The molecule has 0 radical (unpaired) electrons. The summed E-state index contributed by atoms with van der Waals surface area (Å²) in [5.74, 6) is 0.274. The molecule has 1 heterocycles. The van der Waals surface area contributed by atoms with Crippen LogP contribution in [0.2, 0.25) is 0 Å². The van der Waals surface area contributed by atoms with Crippen LogP contribution in [0.3, 0.4) is 0 Å². The van der Waals surface area contributed by atoms with Crippen molar-refractivity contribution in [1.82, 2.24) is 9.55 Å². The summed E-state index contributed by atoms with van der Waals surface area (Å²) < 4.78 is 1.66. The third-order valence-corrected chi connectivity index (χ3v) is 6.27. The number of aromatic nitrogens is 2. The number of hydrogen-bond acceptors (Lipinski definition) is 4. The van der Waals surface area contributed by atoms with Gasteiger partial charge in [0, 0.05) is 6.42 Å². The average molecular weight is 378 g/mol. The average Bonchev–Trinajstić information content (AvgIpc) is 2.86. The molecule has 1 saturated carbocycles. The molecule has 0 amide bonds. The van der Waals surface area contributed by atoms with Crippen LogP contribution in [0.25, 0.3) is 16.6 Å². The van der Waals surface area contributed by atoms with E-state index in [4.69, 9.17) is 4.98 Å².